The van der Waals surface area contributed by atoms with Gasteiger partial charge in [0.25, 0.3) is 0 Å². The topological polar surface area (TPSA) is 86.6 Å². The van der Waals surface area contributed by atoms with Crippen LogP contribution in [-0.4, -0.2) is 28.3 Å². The van der Waals surface area contributed by atoms with Crippen LogP contribution in [0.1, 0.15) is 0 Å². The van der Waals surface area contributed by atoms with E-state index in [1.54, 1.807) is 5.32 Å². The highest BCUT2D eigenvalue weighted by molar-refractivity contribution is 5.89. The first kappa shape index (κ1) is 8.64. The van der Waals surface area contributed by atoms with Crippen molar-refractivity contribution in [2.24, 2.45) is 0 Å². The number of hydrogen-bond donors (Lipinski definition) is 3. The van der Waals surface area contributed by atoms with Crippen LogP contribution >= 0.6 is 0 Å². The Morgan fingerprint density at radius 3 is 2.40 bits per heavy atom. The van der Waals surface area contributed by atoms with Crippen molar-refractivity contribution in [3.63, 3.8) is 0 Å². The van der Waals surface area contributed by atoms with Crippen LogP contribution in [0.25, 0.3) is 0 Å². The van der Waals surface area contributed by atoms with Gasteiger partial charge in [-0.2, -0.15) is 0 Å². The van der Waals surface area contributed by atoms with Crippen LogP contribution in [-0.2, 0) is 9.59 Å². The summed E-state index contributed by atoms with van der Waals surface area (Å²) in [4.78, 5) is 20.1. The normalized spacial score (nSPS) is 11.7. The van der Waals surface area contributed by atoms with Gasteiger partial charge >= 0.3 is 5.97 Å². The lowest BCUT2D eigenvalue weighted by atomic mass is 10.5. The molecule has 0 aliphatic heterocycles. The Balaban J connectivity index is 3.79. The molecule has 5 nitrogen and oxygen atoms in total. The largest absolute Gasteiger partial charge is 0.478 e. The van der Waals surface area contributed by atoms with Gasteiger partial charge in [-0.15, -0.1) is 0 Å². The maximum Gasteiger partial charge on any atom is 0.353 e. The Kier molecular flexibility index (Phi) is 3.13. The van der Waals surface area contributed by atoms with E-state index in [4.69, 9.17) is 10.2 Å². The predicted molar refractivity (Wildman–Crippen MR) is 32.0 cm³/mol. The zero-order valence-corrected chi connectivity index (χ0v) is 5.07. The monoisotopic (exact) mass is 145 g/mol. The number of aliphatic hydroxyl groups is 1. The van der Waals surface area contributed by atoms with Crippen LogP contribution < -0.4 is 5.32 Å². The van der Waals surface area contributed by atoms with E-state index in [9.17, 15) is 9.59 Å². The Hall–Kier alpha value is -1.36. The lowest BCUT2D eigenvalue weighted by Crippen LogP contribution is -2.39. The number of carboxylic acids is 1. The highest BCUT2D eigenvalue weighted by Gasteiger charge is 2.13. The van der Waals surface area contributed by atoms with E-state index < -0.39 is 18.1 Å². The molecule has 56 valence electrons. The fraction of sp³-hybridized carbons (Fsp3) is 0.200. The molecule has 0 bridgehead atoms. The summed E-state index contributed by atoms with van der Waals surface area (Å²) in [5.41, 5.74) is 0. The fourth-order valence-corrected chi connectivity index (χ4v) is 0.255. The first-order chi connectivity index (χ1) is 4.57. The number of hydrogen-bond acceptors (Lipinski definition) is 3. The SMILES string of the molecule is C=CC(=O)N[C@H](O)C(=O)O. The molecule has 0 aromatic carbocycles. The van der Waals surface area contributed by atoms with Gasteiger partial charge in [-0.25, -0.2) is 4.79 Å². The van der Waals surface area contributed by atoms with Crippen molar-refractivity contribution in [3.05, 3.63) is 12.7 Å². The fourth-order valence-electron chi connectivity index (χ4n) is 0.255. The molecule has 3 N–H and O–H groups in total. The number of nitrogens with one attached hydrogen (secondary N) is 1. The average Bonchev–Trinajstić information content (AvgIpc) is 1.87. The van der Waals surface area contributed by atoms with Gasteiger partial charge in [-0.1, -0.05) is 6.58 Å². The Morgan fingerprint density at radius 2 is 2.10 bits per heavy atom. The highest BCUT2D eigenvalue weighted by Crippen LogP contribution is 1.76. The van der Waals surface area contributed by atoms with Gasteiger partial charge in [0.2, 0.25) is 12.1 Å². The van der Waals surface area contributed by atoms with Crippen LogP contribution in [0.4, 0.5) is 0 Å². The first-order valence-corrected chi connectivity index (χ1v) is 2.41. The molecule has 0 unspecified atom stereocenters. The molecule has 10 heavy (non-hydrogen) atoms. The molecule has 0 aromatic rings. The molecule has 0 spiro atoms. The van der Waals surface area contributed by atoms with Gasteiger partial charge in [-0.05, 0) is 6.08 Å². The van der Waals surface area contributed by atoms with E-state index in [1.165, 1.54) is 0 Å². The molecule has 0 heterocycles. The predicted octanol–water partition coefficient (Wildman–Crippen LogP) is -1.31. The standard InChI is InChI=1S/C5H7NO4/c1-2-3(7)6-4(8)5(9)10/h2,4,8H,1H2,(H,6,7)(H,9,10)/t4-/m1/s1. The van der Waals surface area contributed by atoms with E-state index in [1.807, 2.05) is 0 Å². The minimum absolute atomic E-state index is 0.727. The zero-order valence-electron chi connectivity index (χ0n) is 5.07. The lowest BCUT2D eigenvalue weighted by molar-refractivity contribution is -0.150. The Bertz CT molecular complexity index is 165. The van der Waals surface area contributed by atoms with Gasteiger partial charge in [-0.3, -0.25) is 4.79 Å². The molecule has 0 aliphatic carbocycles. The van der Waals surface area contributed by atoms with Crippen molar-refractivity contribution < 1.29 is 19.8 Å². The van der Waals surface area contributed by atoms with E-state index in [0.717, 1.165) is 6.08 Å². The molecule has 0 rings (SSSR count). The summed E-state index contributed by atoms with van der Waals surface area (Å²) in [7, 11) is 0. The number of carbonyl (C=O) groups excluding carboxylic acids is 1. The smallest absolute Gasteiger partial charge is 0.353 e. The average molecular weight is 145 g/mol. The molecule has 0 saturated heterocycles. The summed E-state index contributed by atoms with van der Waals surface area (Å²) >= 11 is 0. The van der Waals surface area contributed by atoms with Crippen LogP contribution in [0.2, 0.25) is 0 Å². The minimum atomic E-state index is -1.86. The molecule has 0 aromatic heterocycles. The summed E-state index contributed by atoms with van der Waals surface area (Å²) in [5.74, 6) is -2.23. The molecule has 0 aliphatic rings. The second kappa shape index (κ2) is 3.62. The number of amides is 1. The molecule has 5 heteroatoms. The molecule has 1 atom stereocenters. The van der Waals surface area contributed by atoms with Crippen molar-refractivity contribution in [2.45, 2.75) is 6.23 Å². The van der Waals surface area contributed by atoms with Crippen LogP contribution in [0.3, 0.4) is 0 Å². The van der Waals surface area contributed by atoms with Crippen molar-refractivity contribution in [1.29, 1.82) is 0 Å². The third-order valence-corrected chi connectivity index (χ3v) is 0.698. The number of carbonyl (C=O) groups is 2. The summed E-state index contributed by atoms with van der Waals surface area (Å²) < 4.78 is 0. The second-order valence-corrected chi connectivity index (χ2v) is 1.45. The van der Waals surface area contributed by atoms with Gasteiger partial charge in [0.15, 0.2) is 0 Å². The summed E-state index contributed by atoms with van der Waals surface area (Å²) in [6.45, 7) is 3.06. The van der Waals surface area contributed by atoms with Gasteiger partial charge < -0.3 is 15.5 Å². The van der Waals surface area contributed by atoms with Crippen molar-refractivity contribution in [1.82, 2.24) is 5.32 Å². The molecular weight excluding hydrogens is 138 g/mol. The molecule has 0 saturated carbocycles. The zero-order chi connectivity index (χ0) is 8.15. The number of aliphatic carboxylic acids is 1. The third kappa shape index (κ3) is 2.83. The van der Waals surface area contributed by atoms with E-state index in [2.05, 4.69) is 6.58 Å². The Morgan fingerprint density at radius 1 is 1.60 bits per heavy atom. The number of carboxylic acid groups (broad SMARTS) is 1. The lowest BCUT2D eigenvalue weighted by Gasteiger charge is -2.03. The first-order valence-electron chi connectivity index (χ1n) is 2.41. The maximum absolute atomic E-state index is 10.3. The minimum Gasteiger partial charge on any atom is -0.478 e. The highest BCUT2D eigenvalue weighted by atomic mass is 16.4. The van der Waals surface area contributed by atoms with Crippen molar-refractivity contribution >= 4 is 11.9 Å². The van der Waals surface area contributed by atoms with Crippen LogP contribution in [0.15, 0.2) is 12.7 Å². The maximum atomic E-state index is 10.3. The summed E-state index contributed by atoms with van der Waals surface area (Å²) in [5, 5.41) is 18.2. The third-order valence-electron chi connectivity index (χ3n) is 0.698. The Labute approximate surface area is 57.0 Å². The van der Waals surface area contributed by atoms with Crippen LogP contribution in [0, 0.1) is 0 Å². The summed E-state index contributed by atoms with van der Waals surface area (Å²) in [6, 6.07) is 0. The number of rotatable bonds is 3. The molecule has 1 amide bonds. The van der Waals surface area contributed by atoms with E-state index in [0.29, 0.717) is 0 Å². The quantitative estimate of drug-likeness (QED) is 0.340. The number of aliphatic hydroxyl groups excluding tert-OH is 1. The van der Waals surface area contributed by atoms with Gasteiger partial charge in [0.1, 0.15) is 0 Å². The summed E-state index contributed by atoms with van der Waals surface area (Å²) in [6.07, 6.45) is -0.989. The molecular formula is C5H7NO4. The van der Waals surface area contributed by atoms with Gasteiger partial charge in [0.05, 0.1) is 0 Å². The van der Waals surface area contributed by atoms with Crippen LogP contribution in [0.5, 0.6) is 0 Å². The van der Waals surface area contributed by atoms with Crippen molar-refractivity contribution in [3.8, 4) is 0 Å². The van der Waals surface area contributed by atoms with Gasteiger partial charge in [0, 0.05) is 0 Å². The molecule has 0 fully saturated rings. The van der Waals surface area contributed by atoms with E-state index in [-0.39, 0.29) is 0 Å². The second-order valence-electron chi connectivity index (χ2n) is 1.45. The molecule has 0 radical (unpaired) electrons. The van der Waals surface area contributed by atoms with Crippen molar-refractivity contribution in [2.75, 3.05) is 0 Å². The van der Waals surface area contributed by atoms with E-state index >= 15 is 0 Å².